The lowest BCUT2D eigenvalue weighted by atomic mass is 10.2. The summed E-state index contributed by atoms with van der Waals surface area (Å²) in [5.41, 5.74) is 1.18. The molecular formula is C18H14ClFN4O2. The average Bonchev–Trinajstić information content (AvgIpc) is 2.62. The number of hydrogen-bond acceptors (Lipinski definition) is 5. The highest BCUT2D eigenvalue weighted by atomic mass is 35.5. The Labute approximate surface area is 154 Å². The van der Waals surface area contributed by atoms with Gasteiger partial charge in [-0.1, -0.05) is 17.7 Å². The molecular weight excluding hydrogens is 359 g/mol. The second-order valence-electron chi connectivity index (χ2n) is 5.23. The molecule has 1 amide bonds. The molecule has 2 aromatic carbocycles. The van der Waals surface area contributed by atoms with Gasteiger partial charge in [0.2, 0.25) is 5.95 Å². The van der Waals surface area contributed by atoms with Crippen LogP contribution in [0.25, 0.3) is 0 Å². The summed E-state index contributed by atoms with van der Waals surface area (Å²) in [6.07, 6.45) is 2.72. The summed E-state index contributed by atoms with van der Waals surface area (Å²) in [6, 6.07) is 10.7. The zero-order valence-electron chi connectivity index (χ0n) is 13.7. The standard InChI is InChI=1S/C18H14ClFN4O2/c1-26-16-6-5-12(19)7-15(16)24-18-21-9-11(10-22-18)17(25)23-14-4-2-3-13(20)8-14/h2-10H,1H3,(H,23,25)(H,21,22,24). The Bertz CT molecular complexity index is 935. The van der Waals surface area contributed by atoms with Crippen LogP contribution in [-0.2, 0) is 0 Å². The number of anilines is 3. The van der Waals surface area contributed by atoms with E-state index in [1.165, 1.54) is 37.7 Å². The number of carbonyl (C=O) groups excluding carboxylic acids is 1. The summed E-state index contributed by atoms with van der Waals surface area (Å²) in [5.74, 6) is -0.0321. The first-order chi connectivity index (χ1) is 12.5. The van der Waals surface area contributed by atoms with E-state index in [4.69, 9.17) is 16.3 Å². The number of rotatable bonds is 5. The van der Waals surface area contributed by atoms with Crippen molar-refractivity contribution >= 4 is 34.8 Å². The second-order valence-corrected chi connectivity index (χ2v) is 5.67. The number of aromatic nitrogens is 2. The normalized spacial score (nSPS) is 10.3. The molecule has 0 atom stereocenters. The maximum absolute atomic E-state index is 13.2. The van der Waals surface area contributed by atoms with Gasteiger partial charge in [0, 0.05) is 23.1 Å². The highest BCUT2D eigenvalue weighted by Gasteiger charge is 2.10. The van der Waals surface area contributed by atoms with Gasteiger partial charge in [0.15, 0.2) is 0 Å². The second kappa shape index (κ2) is 7.79. The lowest BCUT2D eigenvalue weighted by Crippen LogP contribution is -2.13. The highest BCUT2D eigenvalue weighted by Crippen LogP contribution is 2.29. The Balaban J connectivity index is 1.72. The number of hydrogen-bond donors (Lipinski definition) is 2. The Morgan fingerprint density at radius 2 is 1.92 bits per heavy atom. The molecule has 0 aliphatic heterocycles. The molecule has 26 heavy (non-hydrogen) atoms. The summed E-state index contributed by atoms with van der Waals surface area (Å²) >= 11 is 5.98. The fraction of sp³-hybridized carbons (Fsp3) is 0.0556. The van der Waals surface area contributed by atoms with Gasteiger partial charge in [0.1, 0.15) is 11.6 Å². The average molecular weight is 373 g/mol. The van der Waals surface area contributed by atoms with Crippen LogP contribution in [0.1, 0.15) is 10.4 Å². The van der Waals surface area contributed by atoms with Crippen molar-refractivity contribution in [2.45, 2.75) is 0 Å². The van der Waals surface area contributed by atoms with Crippen LogP contribution < -0.4 is 15.4 Å². The molecule has 3 rings (SSSR count). The molecule has 0 aliphatic carbocycles. The molecule has 0 radical (unpaired) electrons. The van der Waals surface area contributed by atoms with Crippen molar-refractivity contribution < 1.29 is 13.9 Å². The Kier molecular flexibility index (Phi) is 5.28. The third-order valence-corrected chi connectivity index (χ3v) is 3.64. The first kappa shape index (κ1) is 17.6. The summed E-state index contributed by atoms with van der Waals surface area (Å²) in [7, 11) is 1.54. The number of amides is 1. The number of carbonyl (C=O) groups is 1. The summed E-state index contributed by atoms with van der Waals surface area (Å²) in [5, 5.41) is 6.08. The van der Waals surface area contributed by atoms with Crippen LogP contribution in [0.15, 0.2) is 54.9 Å². The minimum atomic E-state index is -0.442. The highest BCUT2D eigenvalue weighted by molar-refractivity contribution is 6.31. The molecule has 0 saturated carbocycles. The number of nitrogens with zero attached hydrogens (tertiary/aromatic N) is 2. The number of methoxy groups -OCH3 is 1. The van der Waals surface area contributed by atoms with Crippen LogP contribution in [-0.4, -0.2) is 23.0 Å². The van der Waals surface area contributed by atoms with Gasteiger partial charge in [-0.05, 0) is 36.4 Å². The molecule has 1 heterocycles. The predicted octanol–water partition coefficient (Wildman–Crippen LogP) is 4.27. The number of halogens is 2. The van der Waals surface area contributed by atoms with Gasteiger partial charge in [-0.3, -0.25) is 4.79 Å². The zero-order chi connectivity index (χ0) is 18.5. The fourth-order valence-corrected chi connectivity index (χ4v) is 2.35. The van der Waals surface area contributed by atoms with E-state index < -0.39 is 11.7 Å². The van der Waals surface area contributed by atoms with Crippen LogP contribution in [0.2, 0.25) is 5.02 Å². The Morgan fingerprint density at radius 1 is 1.15 bits per heavy atom. The van der Waals surface area contributed by atoms with Gasteiger partial charge in [0.05, 0.1) is 18.4 Å². The van der Waals surface area contributed by atoms with Crippen molar-refractivity contribution in [3.8, 4) is 5.75 Å². The molecule has 0 spiro atoms. The van der Waals surface area contributed by atoms with Gasteiger partial charge < -0.3 is 15.4 Å². The lowest BCUT2D eigenvalue weighted by Gasteiger charge is -2.10. The van der Waals surface area contributed by atoms with Gasteiger partial charge in [-0.2, -0.15) is 0 Å². The first-order valence-electron chi connectivity index (χ1n) is 7.54. The van der Waals surface area contributed by atoms with Crippen molar-refractivity contribution in [3.05, 3.63) is 71.3 Å². The molecule has 132 valence electrons. The third kappa shape index (κ3) is 4.25. The van der Waals surface area contributed by atoms with E-state index in [9.17, 15) is 9.18 Å². The monoisotopic (exact) mass is 372 g/mol. The van der Waals surface area contributed by atoms with Gasteiger partial charge >= 0.3 is 0 Å². The zero-order valence-corrected chi connectivity index (χ0v) is 14.4. The Hall–Kier alpha value is -3.19. The van der Waals surface area contributed by atoms with Gasteiger partial charge in [0.25, 0.3) is 5.91 Å². The summed E-state index contributed by atoms with van der Waals surface area (Å²) in [4.78, 5) is 20.4. The van der Waals surface area contributed by atoms with Crippen molar-refractivity contribution in [1.82, 2.24) is 9.97 Å². The van der Waals surface area contributed by atoms with Crippen molar-refractivity contribution in [2.75, 3.05) is 17.7 Å². The van der Waals surface area contributed by atoms with Crippen LogP contribution >= 0.6 is 11.6 Å². The van der Waals surface area contributed by atoms with Crippen LogP contribution in [0.5, 0.6) is 5.75 Å². The maximum Gasteiger partial charge on any atom is 0.258 e. The molecule has 8 heteroatoms. The van der Waals surface area contributed by atoms with E-state index >= 15 is 0 Å². The van der Waals surface area contributed by atoms with E-state index in [2.05, 4.69) is 20.6 Å². The maximum atomic E-state index is 13.2. The number of ether oxygens (including phenoxy) is 1. The Morgan fingerprint density at radius 3 is 2.62 bits per heavy atom. The molecule has 0 aliphatic rings. The predicted molar refractivity (Wildman–Crippen MR) is 97.7 cm³/mol. The van der Waals surface area contributed by atoms with Crippen LogP contribution in [0.4, 0.5) is 21.7 Å². The van der Waals surface area contributed by atoms with Gasteiger partial charge in [-0.25, -0.2) is 14.4 Å². The molecule has 1 aromatic heterocycles. The minimum absolute atomic E-state index is 0.234. The van der Waals surface area contributed by atoms with Crippen molar-refractivity contribution in [1.29, 1.82) is 0 Å². The molecule has 3 aromatic rings. The topological polar surface area (TPSA) is 76.1 Å². The first-order valence-corrected chi connectivity index (χ1v) is 7.92. The minimum Gasteiger partial charge on any atom is -0.495 e. The molecule has 2 N–H and O–H groups in total. The van der Waals surface area contributed by atoms with Crippen LogP contribution in [0.3, 0.4) is 0 Å². The van der Waals surface area contributed by atoms with Crippen molar-refractivity contribution in [3.63, 3.8) is 0 Å². The quantitative estimate of drug-likeness (QED) is 0.699. The third-order valence-electron chi connectivity index (χ3n) is 3.40. The lowest BCUT2D eigenvalue weighted by molar-refractivity contribution is 0.102. The summed E-state index contributed by atoms with van der Waals surface area (Å²) in [6.45, 7) is 0. The van der Waals surface area contributed by atoms with E-state index in [1.54, 1.807) is 24.3 Å². The molecule has 0 unspecified atom stereocenters. The molecule has 0 bridgehead atoms. The fourth-order valence-electron chi connectivity index (χ4n) is 2.18. The van der Waals surface area contributed by atoms with Crippen LogP contribution in [0, 0.1) is 5.82 Å². The van der Waals surface area contributed by atoms with E-state index in [0.29, 0.717) is 22.1 Å². The summed E-state index contributed by atoms with van der Waals surface area (Å²) < 4.78 is 18.4. The molecule has 0 fully saturated rings. The van der Waals surface area contributed by atoms with E-state index in [-0.39, 0.29) is 11.5 Å². The number of benzene rings is 2. The van der Waals surface area contributed by atoms with E-state index in [1.807, 2.05) is 0 Å². The largest absolute Gasteiger partial charge is 0.495 e. The molecule has 0 saturated heterocycles. The smallest absolute Gasteiger partial charge is 0.258 e. The van der Waals surface area contributed by atoms with Gasteiger partial charge in [-0.15, -0.1) is 0 Å². The van der Waals surface area contributed by atoms with Crippen molar-refractivity contribution in [2.24, 2.45) is 0 Å². The number of nitrogens with one attached hydrogen (secondary N) is 2. The SMILES string of the molecule is COc1ccc(Cl)cc1Nc1ncc(C(=O)Nc2cccc(F)c2)cn1. The van der Waals surface area contributed by atoms with E-state index in [0.717, 1.165) is 0 Å². The molecule has 6 nitrogen and oxygen atoms in total.